The molecule has 0 saturated carbocycles. The van der Waals surface area contributed by atoms with Gasteiger partial charge in [0, 0.05) is 18.0 Å². The van der Waals surface area contributed by atoms with Gasteiger partial charge in [0.2, 0.25) is 11.8 Å². The zero-order chi connectivity index (χ0) is 28.8. The smallest absolute Gasteiger partial charge is 0.266 e. The average molecular weight is 571 g/mol. The molecule has 0 spiro atoms. The Labute approximate surface area is 238 Å². The number of carbonyl (C=O) groups excluding carboxylic acids is 2. The number of fused-ring (bicyclic) bond motifs is 5. The summed E-state index contributed by atoms with van der Waals surface area (Å²) in [6.07, 6.45) is 0.511. The van der Waals surface area contributed by atoms with Crippen molar-refractivity contribution in [3.8, 4) is 0 Å². The summed E-state index contributed by atoms with van der Waals surface area (Å²) in [5, 5.41) is 3.55. The third-order valence-electron chi connectivity index (χ3n) is 8.48. The van der Waals surface area contributed by atoms with E-state index in [1.165, 1.54) is 9.21 Å². The molecule has 10 nitrogen and oxygen atoms in total. The lowest BCUT2D eigenvalue weighted by Gasteiger charge is -2.42. The van der Waals surface area contributed by atoms with Gasteiger partial charge in [0.05, 0.1) is 22.5 Å². The maximum absolute atomic E-state index is 14.4. The number of unbranched alkanes of at least 4 members (excludes halogenated alkanes) is 1. The van der Waals surface area contributed by atoms with Gasteiger partial charge in [-0.25, -0.2) is 12.7 Å². The van der Waals surface area contributed by atoms with Gasteiger partial charge in [-0.05, 0) is 61.0 Å². The Morgan fingerprint density at radius 1 is 0.976 bits per heavy atom. The number of anilines is 1. The van der Waals surface area contributed by atoms with Crippen LogP contribution >= 0.6 is 0 Å². The summed E-state index contributed by atoms with van der Waals surface area (Å²) in [6.45, 7) is 2.54. The molecule has 3 aromatic carbocycles. The predicted octanol–water partition coefficient (Wildman–Crippen LogP) is 4.35. The number of nitrogens with zero attached hydrogens (tertiary/aromatic N) is 6. The predicted molar refractivity (Wildman–Crippen MR) is 153 cm³/mol. The Morgan fingerprint density at radius 3 is 2.41 bits per heavy atom. The Balaban J connectivity index is 1.49. The molecule has 3 aliphatic rings. The van der Waals surface area contributed by atoms with Crippen molar-refractivity contribution in [1.29, 1.82) is 0 Å². The number of piperazine rings is 1. The number of sulfonamides is 1. The molecule has 210 valence electrons. The number of azide groups is 1. The van der Waals surface area contributed by atoms with Crippen LogP contribution in [0.15, 0.2) is 88.9 Å². The summed E-state index contributed by atoms with van der Waals surface area (Å²) >= 11 is 0. The number of carbonyl (C=O) groups is 2. The second-order valence-corrected chi connectivity index (χ2v) is 12.6. The van der Waals surface area contributed by atoms with Gasteiger partial charge in [0.15, 0.2) is 0 Å². The first kappa shape index (κ1) is 26.9. The topological polar surface area (TPSA) is 127 Å². The maximum atomic E-state index is 14.4. The molecule has 3 aliphatic heterocycles. The highest BCUT2D eigenvalue weighted by molar-refractivity contribution is 7.92. The monoisotopic (exact) mass is 570 g/mol. The lowest BCUT2D eigenvalue weighted by Crippen LogP contribution is -2.63. The largest absolute Gasteiger partial charge is 0.332 e. The van der Waals surface area contributed by atoms with Crippen LogP contribution in [0, 0.1) is 6.92 Å². The summed E-state index contributed by atoms with van der Waals surface area (Å²) in [5.74, 6) is -0.478. The van der Waals surface area contributed by atoms with Gasteiger partial charge in [-0.15, -0.1) is 0 Å². The molecule has 0 N–H and O–H groups in total. The lowest BCUT2D eigenvalue weighted by atomic mass is 9.72. The summed E-state index contributed by atoms with van der Waals surface area (Å²) in [7, 11) is -4.11. The van der Waals surface area contributed by atoms with E-state index in [9.17, 15) is 18.0 Å². The minimum atomic E-state index is -4.11. The van der Waals surface area contributed by atoms with E-state index >= 15 is 0 Å². The molecule has 0 bridgehead atoms. The van der Waals surface area contributed by atoms with E-state index in [1.807, 2.05) is 43.3 Å². The van der Waals surface area contributed by atoms with E-state index in [1.54, 1.807) is 47.4 Å². The van der Waals surface area contributed by atoms with Crippen molar-refractivity contribution < 1.29 is 18.0 Å². The number of rotatable bonds is 8. The van der Waals surface area contributed by atoms with Crippen LogP contribution in [0.4, 0.5) is 5.69 Å². The average Bonchev–Trinajstić information content (AvgIpc) is 3.48. The lowest BCUT2D eigenvalue weighted by molar-refractivity contribution is -0.155. The summed E-state index contributed by atoms with van der Waals surface area (Å²) < 4.78 is 30.1. The van der Waals surface area contributed by atoms with Crippen molar-refractivity contribution in [2.24, 2.45) is 5.11 Å². The van der Waals surface area contributed by atoms with E-state index in [0.717, 1.165) is 16.7 Å². The van der Waals surface area contributed by atoms with E-state index in [2.05, 4.69) is 10.0 Å². The minimum Gasteiger partial charge on any atom is -0.332 e. The van der Waals surface area contributed by atoms with E-state index in [4.69, 9.17) is 5.53 Å². The molecule has 0 aromatic heterocycles. The number of para-hydroxylation sites is 1. The van der Waals surface area contributed by atoms with E-state index in [-0.39, 0.29) is 29.7 Å². The fourth-order valence-electron chi connectivity index (χ4n) is 6.66. The highest BCUT2D eigenvalue weighted by atomic mass is 32.2. The Kier molecular flexibility index (Phi) is 6.71. The molecule has 3 heterocycles. The van der Waals surface area contributed by atoms with Gasteiger partial charge < -0.3 is 9.80 Å². The molecule has 0 unspecified atom stereocenters. The third-order valence-corrected chi connectivity index (χ3v) is 10.3. The first-order valence-corrected chi connectivity index (χ1v) is 15.1. The summed E-state index contributed by atoms with van der Waals surface area (Å²) in [5.41, 5.74) is 10.8. The SMILES string of the molecule is Cc1ccc([C@]23C[C@H]4C(=O)N(CCCCN=[N+]=[N-])CC(=O)N4[C@H]2N(S(=O)(=O)c2ccccc2)c2ccccc23)cc1. The van der Waals surface area contributed by atoms with E-state index in [0.29, 0.717) is 31.6 Å². The van der Waals surface area contributed by atoms with Crippen LogP contribution in [0.25, 0.3) is 10.4 Å². The zero-order valence-corrected chi connectivity index (χ0v) is 23.4. The molecule has 2 fully saturated rings. The molecule has 41 heavy (non-hydrogen) atoms. The van der Waals surface area contributed by atoms with Crippen LogP contribution in [-0.2, 0) is 25.0 Å². The number of hydrogen-bond donors (Lipinski definition) is 0. The van der Waals surface area contributed by atoms with Crippen LogP contribution in [-0.4, -0.2) is 61.9 Å². The quantitative estimate of drug-likeness (QED) is 0.173. The summed E-state index contributed by atoms with van der Waals surface area (Å²) in [6, 6.07) is 22.7. The molecule has 2 saturated heterocycles. The maximum Gasteiger partial charge on any atom is 0.266 e. The van der Waals surface area contributed by atoms with Crippen LogP contribution in [0.1, 0.15) is 36.0 Å². The van der Waals surface area contributed by atoms with Crippen molar-refractivity contribution in [3.63, 3.8) is 0 Å². The molecular weight excluding hydrogens is 540 g/mol. The molecule has 0 radical (unpaired) electrons. The van der Waals surface area contributed by atoms with Gasteiger partial charge in [-0.3, -0.25) is 9.59 Å². The van der Waals surface area contributed by atoms with E-state index < -0.39 is 27.6 Å². The molecule has 2 amide bonds. The Bertz CT molecular complexity index is 1660. The molecule has 3 atom stereocenters. The van der Waals surface area contributed by atoms with Crippen molar-refractivity contribution in [2.75, 3.05) is 23.9 Å². The van der Waals surface area contributed by atoms with Gasteiger partial charge >= 0.3 is 0 Å². The fraction of sp³-hybridized carbons (Fsp3) is 0.333. The fourth-order valence-corrected chi connectivity index (χ4v) is 8.35. The molecule has 0 aliphatic carbocycles. The number of benzene rings is 3. The molecule has 3 aromatic rings. The second kappa shape index (κ2) is 10.2. The van der Waals surface area contributed by atoms with Crippen molar-refractivity contribution in [1.82, 2.24) is 9.80 Å². The second-order valence-electron chi connectivity index (χ2n) is 10.8. The highest BCUT2D eigenvalue weighted by Crippen LogP contribution is 2.59. The zero-order valence-electron chi connectivity index (χ0n) is 22.6. The number of aryl methyl sites for hydroxylation is 1. The first-order chi connectivity index (χ1) is 19.8. The van der Waals surface area contributed by atoms with Crippen LogP contribution in [0.3, 0.4) is 0 Å². The van der Waals surface area contributed by atoms with Gasteiger partial charge in [0.1, 0.15) is 12.2 Å². The molecule has 6 rings (SSSR count). The van der Waals surface area contributed by atoms with Crippen LogP contribution < -0.4 is 4.31 Å². The molecule has 11 heteroatoms. The number of hydrogen-bond acceptors (Lipinski definition) is 5. The van der Waals surface area contributed by atoms with Gasteiger partial charge in [-0.1, -0.05) is 71.3 Å². The van der Waals surface area contributed by atoms with Crippen LogP contribution in [0.2, 0.25) is 0 Å². The standard InChI is InChI=1S/C30H30N6O4S/c1-21-13-15-22(16-14-21)30-19-26-28(38)34(18-8-7-17-32-33-31)20-27(37)35(26)29(30)36(25-12-6-5-11-24(25)30)41(39,40)23-9-3-2-4-10-23/h2-6,9-16,26,29H,7-8,17-20H2,1H3/t26-,29-,30-/m0/s1. The Hall–Kier alpha value is -4.34. The van der Waals surface area contributed by atoms with Crippen molar-refractivity contribution in [2.45, 2.75) is 48.7 Å². The highest BCUT2D eigenvalue weighted by Gasteiger charge is 2.67. The van der Waals surface area contributed by atoms with Crippen molar-refractivity contribution in [3.05, 3.63) is 106 Å². The molecular formula is C30H30N6O4S. The van der Waals surface area contributed by atoms with Crippen LogP contribution in [0.5, 0.6) is 0 Å². The first-order valence-electron chi connectivity index (χ1n) is 13.7. The van der Waals surface area contributed by atoms with Gasteiger partial charge in [-0.2, -0.15) is 0 Å². The van der Waals surface area contributed by atoms with Crippen molar-refractivity contribution >= 4 is 27.5 Å². The Morgan fingerprint density at radius 2 is 1.68 bits per heavy atom. The minimum absolute atomic E-state index is 0.121. The normalized spacial score (nSPS) is 23.2. The third kappa shape index (κ3) is 4.15. The number of amides is 2. The summed E-state index contributed by atoms with van der Waals surface area (Å²) in [4.78, 5) is 33.9. The van der Waals surface area contributed by atoms with Gasteiger partial charge in [0.25, 0.3) is 10.0 Å².